The summed E-state index contributed by atoms with van der Waals surface area (Å²) in [6, 6.07) is 11.2. The summed E-state index contributed by atoms with van der Waals surface area (Å²) in [5.41, 5.74) is -0.229. The van der Waals surface area contributed by atoms with E-state index in [1.54, 1.807) is 30.5 Å². The van der Waals surface area contributed by atoms with E-state index in [0.29, 0.717) is 42.6 Å². The summed E-state index contributed by atoms with van der Waals surface area (Å²) in [6.07, 6.45) is 3.02. The minimum absolute atomic E-state index is 0.0273. The van der Waals surface area contributed by atoms with Gasteiger partial charge in [0.15, 0.2) is 0 Å². The first-order chi connectivity index (χ1) is 17.7. The third-order valence-corrected chi connectivity index (χ3v) is 8.10. The van der Waals surface area contributed by atoms with Crippen LogP contribution in [0.4, 0.5) is 10.2 Å². The van der Waals surface area contributed by atoms with Gasteiger partial charge in [0.25, 0.3) is 0 Å². The van der Waals surface area contributed by atoms with Crippen molar-refractivity contribution in [2.45, 2.75) is 25.4 Å². The molecule has 1 aromatic carbocycles. The lowest BCUT2D eigenvalue weighted by atomic mass is 9.70. The van der Waals surface area contributed by atoms with Gasteiger partial charge in [-0.1, -0.05) is 37.6 Å². The van der Waals surface area contributed by atoms with Gasteiger partial charge in [-0.3, -0.25) is 14.8 Å². The van der Waals surface area contributed by atoms with Crippen molar-refractivity contribution in [1.29, 1.82) is 0 Å². The number of anilines is 1. The van der Waals surface area contributed by atoms with Crippen LogP contribution in [0.25, 0.3) is 0 Å². The number of aliphatic hydroxyl groups is 1. The number of carbonyl (C=O) groups is 1. The van der Waals surface area contributed by atoms with Gasteiger partial charge in [0.2, 0.25) is 5.91 Å². The highest BCUT2D eigenvalue weighted by Gasteiger charge is 2.49. The molecule has 10 heteroatoms. The number of amides is 1. The third-order valence-electron chi connectivity index (χ3n) is 7.88. The van der Waals surface area contributed by atoms with Crippen LogP contribution in [-0.2, 0) is 10.4 Å². The number of likely N-dealkylation sites (tertiary alicyclic amines) is 1. The molecule has 4 unspecified atom stereocenters. The van der Waals surface area contributed by atoms with Gasteiger partial charge in [-0.15, -0.1) is 0 Å². The van der Waals surface area contributed by atoms with E-state index in [2.05, 4.69) is 15.0 Å². The van der Waals surface area contributed by atoms with Crippen molar-refractivity contribution in [2.75, 3.05) is 31.1 Å². The van der Waals surface area contributed by atoms with Crippen LogP contribution in [0.15, 0.2) is 59.7 Å². The summed E-state index contributed by atoms with van der Waals surface area (Å²) < 4.78 is 13.5. The summed E-state index contributed by atoms with van der Waals surface area (Å²) in [5, 5.41) is 12.2. The molecule has 2 fully saturated rings. The molecule has 2 N–H and O–H groups in total. The van der Waals surface area contributed by atoms with Crippen LogP contribution < -0.4 is 10.6 Å². The summed E-state index contributed by atoms with van der Waals surface area (Å²) in [7, 11) is 0. The van der Waals surface area contributed by atoms with Crippen molar-refractivity contribution < 1.29 is 14.3 Å². The predicted octanol–water partition coefficient (Wildman–Crippen LogP) is 3.18. The maximum atomic E-state index is 14.0. The SMILES string of the molecule is CC1CN(C(=O)C2CN(c3ccnc(=O)[nH]3)CC2c2ccc(Cl)cn2)CC(C)C1(O)c1ccc(F)cc1. The molecule has 0 aliphatic carbocycles. The number of benzene rings is 1. The largest absolute Gasteiger partial charge is 0.384 e. The molecule has 1 amide bonds. The van der Waals surface area contributed by atoms with Gasteiger partial charge in [-0.25, -0.2) is 14.2 Å². The zero-order valence-electron chi connectivity index (χ0n) is 20.6. The number of piperidine rings is 1. The van der Waals surface area contributed by atoms with E-state index in [1.165, 1.54) is 18.3 Å². The standard InChI is InChI=1S/C27H29ClFN5O3/c1-16-12-34(13-17(2)27(16,37)18-3-6-20(29)7-4-18)25(35)22-15-33(24-9-10-30-26(36)32-24)14-21(22)23-8-5-19(28)11-31-23/h3-11,16-17,21-22,37H,12-15H2,1-2H3,(H,30,32,36). The molecule has 0 spiro atoms. The highest BCUT2D eigenvalue weighted by molar-refractivity contribution is 6.30. The number of nitrogens with zero attached hydrogens (tertiary/aromatic N) is 4. The van der Waals surface area contributed by atoms with E-state index in [0.717, 1.165) is 5.69 Å². The monoisotopic (exact) mass is 525 g/mol. The number of halogens is 2. The molecule has 2 aliphatic heterocycles. The Balaban J connectivity index is 1.41. The fourth-order valence-electron chi connectivity index (χ4n) is 5.90. The van der Waals surface area contributed by atoms with Gasteiger partial charge < -0.3 is 14.9 Å². The highest BCUT2D eigenvalue weighted by atomic mass is 35.5. The molecular weight excluding hydrogens is 497 g/mol. The zero-order valence-corrected chi connectivity index (χ0v) is 21.4. The molecule has 194 valence electrons. The minimum atomic E-state index is -1.18. The number of rotatable bonds is 4. The normalized spacial score (nSPS) is 27.9. The van der Waals surface area contributed by atoms with Crippen molar-refractivity contribution in [3.63, 3.8) is 0 Å². The molecule has 4 atom stereocenters. The molecular formula is C27H29ClFN5O3. The Hall–Kier alpha value is -3.30. The number of aromatic nitrogens is 3. The second-order valence-electron chi connectivity index (χ2n) is 10.2. The van der Waals surface area contributed by atoms with Gasteiger partial charge in [-0.2, -0.15) is 0 Å². The fraction of sp³-hybridized carbons (Fsp3) is 0.407. The zero-order chi connectivity index (χ0) is 26.3. The van der Waals surface area contributed by atoms with Crippen LogP contribution in [0.3, 0.4) is 0 Å². The van der Waals surface area contributed by atoms with E-state index in [4.69, 9.17) is 11.6 Å². The number of carbonyl (C=O) groups excluding carboxylic acids is 1. The number of hydrogen-bond donors (Lipinski definition) is 2. The van der Waals surface area contributed by atoms with Gasteiger partial charge in [0.05, 0.1) is 16.5 Å². The highest BCUT2D eigenvalue weighted by Crippen LogP contribution is 2.43. The maximum absolute atomic E-state index is 14.0. The Morgan fingerprint density at radius 2 is 1.76 bits per heavy atom. The molecule has 0 radical (unpaired) electrons. The molecule has 5 rings (SSSR count). The summed E-state index contributed by atoms with van der Waals surface area (Å²) in [6.45, 7) is 5.44. The first-order valence-electron chi connectivity index (χ1n) is 12.4. The molecule has 0 bridgehead atoms. The molecule has 3 aromatic rings. The van der Waals surface area contributed by atoms with E-state index >= 15 is 0 Å². The summed E-state index contributed by atoms with van der Waals surface area (Å²) in [4.78, 5) is 40.6. The van der Waals surface area contributed by atoms with E-state index in [9.17, 15) is 19.1 Å². The number of hydrogen-bond acceptors (Lipinski definition) is 6. The van der Waals surface area contributed by atoms with Gasteiger partial charge in [0.1, 0.15) is 11.6 Å². The van der Waals surface area contributed by atoms with Gasteiger partial charge in [0, 0.05) is 62.0 Å². The fourth-order valence-corrected chi connectivity index (χ4v) is 6.01. The van der Waals surface area contributed by atoms with E-state index in [-0.39, 0.29) is 29.5 Å². The first kappa shape index (κ1) is 25.4. The van der Waals surface area contributed by atoms with Crippen molar-refractivity contribution in [3.8, 4) is 0 Å². The number of pyridine rings is 1. The topological polar surface area (TPSA) is 102 Å². The van der Waals surface area contributed by atoms with Crippen molar-refractivity contribution in [1.82, 2.24) is 19.9 Å². The molecule has 37 heavy (non-hydrogen) atoms. The summed E-state index contributed by atoms with van der Waals surface area (Å²) in [5.74, 6) is -0.963. The van der Waals surface area contributed by atoms with E-state index in [1.807, 2.05) is 29.7 Å². The molecule has 0 saturated carbocycles. The van der Waals surface area contributed by atoms with Crippen molar-refractivity contribution >= 4 is 23.3 Å². The average Bonchev–Trinajstić information content (AvgIpc) is 3.33. The van der Waals surface area contributed by atoms with Gasteiger partial charge in [-0.05, 0) is 35.9 Å². The molecule has 4 heterocycles. The quantitative estimate of drug-likeness (QED) is 0.542. The predicted molar refractivity (Wildman–Crippen MR) is 138 cm³/mol. The molecule has 8 nitrogen and oxygen atoms in total. The Morgan fingerprint density at radius 3 is 2.38 bits per heavy atom. The first-order valence-corrected chi connectivity index (χ1v) is 12.7. The Morgan fingerprint density at radius 1 is 1.05 bits per heavy atom. The third kappa shape index (κ3) is 4.73. The molecule has 2 aliphatic rings. The van der Waals surface area contributed by atoms with Crippen LogP contribution in [-0.4, -0.2) is 57.0 Å². The van der Waals surface area contributed by atoms with Crippen molar-refractivity contribution in [3.05, 3.63) is 87.4 Å². The number of aromatic amines is 1. The van der Waals surface area contributed by atoms with Crippen LogP contribution in [0.5, 0.6) is 0 Å². The minimum Gasteiger partial charge on any atom is -0.384 e. The lowest BCUT2D eigenvalue weighted by molar-refractivity contribution is -0.152. The van der Waals surface area contributed by atoms with Crippen LogP contribution in [0, 0.1) is 23.6 Å². The summed E-state index contributed by atoms with van der Waals surface area (Å²) >= 11 is 6.06. The van der Waals surface area contributed by atoms with E-state index < -0.39 is 17.2 Å². The molecule has 2 aromatic heterocycles. The maximum Gasteiger partial charge on any atom is 0.346 e. The van der Waals surface area contributed by atoms with Gasteiger partial charge >= 0.3 is 5.69 Å². The average molecular weight is 526 g/mol. The lowest BCUT2D eigenvalue weighted by Gasteiger charge is -2.48. The second kappa shape index (κ2) is 9.87. The van der Waals surface area contributed by atoms with Crippen LogP contribution in [0.1, 0.15) is 31.0 Å². The number of nitrogens with one attached hydrogen (secondary N) is 1. The smallest absolute Gasteiger partial charge is 0.346 e. The lowest BCUT2D eigenvalue weighted by Crippen LogP contribution is -2.57. The Kier molecular flexibility index (Phi) is 6.76. The Labute approximate surface area is 219 Å². The second-order valence-corrected chi connectivity index (χ2v) is 10.6. The van der Waals surface area contributed by atoms with Crippen molar-refractivity contribution in [2.24, 2.45) is 17.8 Å². The van der Waals surface area contributed by atoms with Crippen LogP contribution >= 0.6 is 11.6 Å². The Bertz CT molecular complexity index is 1320. The van der Waals surface area contributed by atoms with Crippen LogP contribution in [0.2, 0.25) is 5.02 Å². The number of H-pyrrole nitrogens is 1. The molecule has 2 saturated heterocycles.